The van der Waals surface area contributed by atoms with E-state index in [1.54, 1.807) is 0 Å². The maximum absolute atomic E-state index is 9.46. The van der Waals surface area contributed by atoms with Gasteiger partial charge in [0.2, 0.25) is 11.8 Å². The first-order valence-corrected chi connectivity index (χ1v) is 14.0. The van der Waals surface area contributed by atoms with Crippen molar-refractivity contribution >= 4 is 5.69 Å². The number of aromatic nitrogens is 1. The Balaban J connectivity index is 0.00000172. The van der Waals surface area contributed by atoms with E-state index in [1.165, 1.54) is 11.3 Å². The van der Waals surface area contributed by atoms with E-state index in [-0.39, 0.29) is 6.61 Å². The zero-order valence-electron chi connectivity index (χ0n) is 23.3. The summed E-state index contributed by atoms with van der Waals surface area (Å²) in [5.41, 5.74) is 6.62. The normalized spacial score (nSPS) is 13.4. The van der Waals surface area contributed by atoms with Crippen LogP contribution in [0.5, 0.6) is 11.8 Å². The molecule has 0 spiro atoms. The van der Waals surface area contributed by atoms with Crippen LogP contribution in [0.25, 0.3) is 11.1 Å². The van der Waals surface area contributed by atoms with Gasteiger partial charge >= 0.3 is 0 Å². The van der Waals surface area contributed by atoms with Crippen LogP contribution < -0.4 is 14.4 Å². The van der Waals surface area contributed by atoms with E-state index in [1.807, 2.05) is 74.5 Å². The summed E-state index contributed by atoms with van der Waals surface area (Å²) in [5, 5.41) is 9.46. The summed E-state index contributed by atoms with van der Waals surface area (Å²) in [4.78, 5) is 7.18. The second-order valence-corrected chi connectivity index (χ2v) is 9.66. The lowest BCUT2D eigenvalue weighted by molar-refractivity contribution is 0.203. The minimum Gasteiger partial charge on any atom is -0.473 e. The molecule has 0 atom stereocenters. The van der Waals surface area contributed by atoms with Crippen molar-refractivity contribution in [3.8, 4) is 22.9 Å². The smallest absolute Gasteiger partial charge is 0.225 e. The number of hydrogen-bond acceptors (Lipinski definition) is 5. The van der Waals surface area contributed by atoms with Crippen molar-refractivity contribution in [2.24, 2.45) is 5.92 Å². The van der Waals surface area contributed by atoms with Crippen LogP contribution >= 0.6 is 0 Å². The number of aryl methyl sites for hydroxylation is 1. The molecule has 1 aromatic heterocycles. The first kappa shape index (κ1) is 28.2. The van der Waals surface area contributed by atoms with Gasteiger partial charge in [0.25, 0.3) is 0 Å². The molecular weight excluding hydrogens is 484 g/mol. The van der Waals surface area contributed by atoms with Gasteiger partial charge in [-0.25, -0.2) is 0 Å². The quantitative estimate of drug-likeness (QED) is 0.246. The molecule has 1 fully saturated rings. The molecule has 4 aromatic rings. The molecule has 5 nitrogen and oxygen atoms in total. The number of aliphatic hydroxyl groups excluding tert-OH is 1. The van der Waals surface area contributed by atoms with Crippen LogP contribution in [0.15, 0.2) is 91.0 Å². The van der Waals surface area contributed by atoms with Crippen LogP contribution in [0.1, 0.15) is 43.4 Å². The number of aliphatic hydroxyl groups is 1. The Bertz CT molecular complexity index is 1290. The third-order valence-corrected chi connectivity index (χ3v) is 7.02. The molecule has 0 aliphatic carbocycles. The van der Waals surface area contributed by atoms with Gasteiger partial charge in [-0.1, -0.05) is 80.6 Å². The first-order valence-electron chi connectivity index (χ1n) is 14.0. The highest BCUT2D eigenvalue weighted by Gasteiger charge is 2.20. The SMILES string of the molecule is CC.Cc1cc(N2CCC(CO)CC2)ccc1-c1ccc(OCc2ccccc2)nc1OCc1ccccc1. The number of hydrogen-bond donors (Lipinski definition) is 1. The minimum absolute atomic E-state index is 0.287. The number of nitrogens with zero attached hydrogens (tertiary/aromatic N) is 2. The molecule has 0 bridgehead atoms. The van der Waals surface area contributed by atoms with Crippen LogP contribution in [0.2, 0.25) is 0 Å². The van der Waals surface area contributed by atoms with Crippen LogP contribution in [-0.4, -0.2) is 29.8 Å². The number of benzene rings is 3. The Morgan fingerprint density at radius 2 is 1.36 bits per heavy atom. The van der Waals surface area contributed by atoms with E-state index in [9.17, 15) is 5.11 Å². The fourth-order valence-electron chi connectivity index (χ4n) is 4.80. The van der Waals surface area contributed by atoms with Gasteiger partial charge in [0.1, 0.15) is 13.2 Å². The molecule has 0 amide bonds. The van der Waals surface area contributed by atoms with E-state index in [0.29, 0.717) is 30.9 Å². The Kier molecular flexibility index (Phi) is 10.4. The summed E-state index contributed by atoms with van der Waals surface area (Å²) in [6, 6.07) is 30.8. The molecule has 1 aliphatic rings. The minimum atomic E-state index is 0.287. The molecular formula is C34H40N2O3. The van der Waals surface area contributed by atoms with E-state index in [2.05, 4.69) is 42.2 Å². The first-order chi connectivity index (χ1) is 19.2. The maximum Gasteiger partial charge on any atom is 0.225 e. The zero-order chi connectivity index (χ0) is 27.5. The summed E-state index contributed by atoms with van der Waals surface area (Å²) in [6.45, 7) is 9.26. The lowest BCUT2D eigenvalue weighted by Gasteiger charge is -2.33. The van der Waals surface area contributed by atoms with E-state index >= 15 is 0 Å². The fraction of sp³-hybridized carbons (Fsp3) is 0.324. The van der Waals surface area contributed by atoms with Gasteiger partial charge in [0, 0.05) is 37.0 Å². The van der Waals surface area contributed by atoms with Crippen LogP contribution in [0, 0.1) is 12.8 Å². The van der Waals surface area contributed by atoms with Crippen molar-refractivity contribution in [2.45, 2.75) is 46.8 Å². The molecule has 5 heteroatoms. The Hall–Kier alpha value is -3.83. The van der Waals surface area contributed by atoms with Crippen molar-refractivity contribution < 1.29 is 14.6 Å². The van der Waals surface area contributed by atoms with Gasteiger partial charge in [0.05, 0.1) is 0 Å². The molecule has 0 unspecified atom stereocenters. The summed E-state index contributed by atoms with van der Waals surface area (Å²) in [5.74, 6) is 1.53. The third kappa shape index (κ3) is 7.61. The number of rotatable bonds is 9. The summed E-state index contributed by atoms with van der Waals surface area (Å²) in [6.07, 6.45) is 2.06. The number of piperidine rings is 1. The number of ether oxygens (including phenoxy) is 2. The van der Waals surface area contributed by atoms with Crippen molar-refractivity contribution in [3.05, 3.63) is 108 Å². The molecule has 2 heterocycles. The summed E-state index contributed by atoms with van der Waals surface area (Å²) >= 11 is 0. The van der Waals surface area contributed by atoms with Crippen LogP contribution in [-0.2, 0) is 13.2 Å². The molecule has 1 aliphatic heterocycles. The monoisotopic (exact) mass is 524 g/mol. The third-order valence-electron chi connectivity index (χ3n) is 7.02. The van der Waals surface area contributed by atoms with Gasteiger partial charge in [0.15, 0.2) is 0 Å². The van der Waals surface area contributed by atoms with Gasteiger partial charge in [-0.15, -0.1) is 0 Å². The average molecular weight is 525 g/mol. The highest BCUT2D eigenvalue weighted by Crippen LogP contribution is 2.35. The Morgan fingerprint density at radius 3 is 1.95 bits per heavy atom. The molecule has 5 rings (SSSR count). The van der Waals surface area contributed by atoms with Crippen molar-refractivity contribution in [1.82, 2.24) is 4.98 Å². The molecule has 0 radical (unpaired) electrons. The van der Waals surface area contributed by atoms with E-state index < -0.39 is 0 Å². The molecule has 39 heavy (non-hydrogen) atoms. The predicted molar refractivity (Wildman–Crippen MR) is 159 cm³/mol. The summed E-state index contributed by atoms with van der Waals surface area (Å²) in [7, 11) is 0. The van der Waals surface area contributed by atoms with Crippen molar-refractivity contribution in [2.75, 3.05) is 24.6 Å². The molecule has 1 saturated heterocycles. The maximum atomic E-state index is 9.46. The molecule has 3 aromatic carbocycles. The standard InChI is InChI=1S/C32H34N2O3.C2H6/c1-24-20-28(34-18-16-25(21-35)17-19-34)12-13-29(24)30-14-15-31(36-22-26-8-4-2-5-9-26)33-32(30)37-23-27-10-6-3-7-11-27;1-2/h2-15,20,25,35H,16-19,21-23H2,1H3;1-2H3. The van der Waals surface area contributed by atoms with Crippen LogP contribution in [0.3, 0.4) is 0 Å². The van der Waals surface area contributed by atoms with Gasteiger partial charge in [-0.2, -0.15) is 4.98 Å². The van der Waals surface area contributed by atoms with Crippen LogP contribution in [0.4, 0.5) is 5.69 Å². The second-order valence-electron chi connectivity index (χ2n) is 9.66. The highest BCUT2D eigenvalue weighted by atomic mass is 16.5. The van der Waals surface area contributed by atoms with Gasteiger partial charge in [-0.05, 0) is 66.1 Å². The van der Waals surface area contributed by atoms with Crippen molar-refractivity contribution in [1.29, 1.82) is 0 Å². The number of pyridine rings is 1. The lowest BCUT2D eigenvalue weighted by atomic mass is 9.96. The average Bonchev–Trinajstić information content (AvgIpc) is 3.01. The Labute approximate surface area is 233 Å². The Morgan fingerprint density at radius 1 is 0.769 bits per heavy atom. The largest absolute Gasteiger partial charge is 0.473 e. The van der Waals surface area contributed by atoms with Crippen molar-refractivity contribution in [3.63, 3.8) is 0 Å². The molecule has 1 N–H and O–H groups in total. The predicted octanol–water partition coefficient (Wildman–Crippen LogP) is 7.45. The second kappa shape index (κ2) is 14.4. The number of anilines is 1. The zero-order valence-corrected chi connectivity index (χ0v) is 23.3. The highest BCUT2D eigenvalue weighted by molar-refractivity contribution is 5.74. The fourth-order valence-corrected chi connectivity index (χ4v) is 4.80. The van der Waals surface area contributed by atoms with Gasteiger partial charge in [-0.3, -0.25) is 0 Å². The van der Waals surface area contributed by atoms with E-state index in [4.69, 9.17) is 14.5 Å². The van der Waals surface area contributed by atoms with Gasteiger partial charge < -0.3 is 19.5 Å². The van der Waals surface area contributed by atoms with E-state index in [0.717, 1.165) is 48.2 Å². The molecule has 204 valence electrons. The topological polar surface area (TPSA) is 54.8 Å². The summed E-state index contributed by atoms with van der Waals surface area (Å²) < 4.78 is 12.3. The lowest BCUT2D eigenvalue weighted by Crippen LogP contribution is -2.34. The molecule has 0 saturated carbocycles.